The van der Waals surface area contributed by atoms with E-state index < -0.39 is 6.04 Å². The van der Waals surface area contributed by atoms with Crippen LogP contribution in [0.5, 0.6) is 0 Å². The quantitative estimate of drug-likeness (QED) is 0.729. The van der Waals surface area contributed by atoms with Crippen molar-refractivity contribution >= 4 is 5.91 Å². The monoisotopic (exact) mass is 366 g/mol. The predicted molar refractivity (Wildman–Crippen MR) is 103 cm³/mol. The van der Waals surface area contributed by atoms with Gasteiger partial charge in [0.2, 0.25) is 5.91 Å². The van der Waals surface area contributed by atoms with E-state index in [-0.39, 0.29) is 11.7 Å². The van der Waals surface area contributed by atoms with Gasteiger partial charge in [-0.2, -0.15) is 0 Å². The van der Waals surface area contributed by atoms with Gasteiger partial charge in [-0.3, -0.25) is 9.69 Å². The Morgan fingerprint density at radius 2 is 1.96 bits per heavy atom. The third-order valence-electron chi connectivity index (χ3n) is 4.44. The molecule has 6 heteroatoms. The molecule has 1 N–H and O–H groups in total. The van der Waals surface area contributed by atoms with Gasteiger partial charge in [0.25, 0.3) is 0 Å². The minimum absolute atomic E-state index is 0.167. The van der Waals surface area contributed by atoms with Crippen molar-refractivity contribution in [1.29, 1.82) is 0 Å². The molecule has 3 aromatic rings. The van der Waals surface area contributed by atoms with Crippen molar-refractivity contribution in [3.63, 3.8) is 0 Å². The highest BCUT2D eigenvalue weighted by atomic mass is 19.1. The fourth-order valence-electron chi connectivity index (χ4n) is 3.07. The van der Waals surface area contributed by atoms with Crippen molar-refractivity contribution in [3.05, 3.63) is 83.7 Å². The zero-order valence-corrected chi connectivity index (χ0v) is 15.7. The molecule has 0 aliphatic carbocycles. The van der Waals surface area contributed by atoms with E-state index in [0.29, 0.717) is 12.1 Å². The first-order chi connectivity index (χ1) is 13.0. The average Bonchev–Trinajstić information content (AvgIpc) is 3.06. The summed E-state index contributed by atoms with van der Waals surface area (Å²) in [5.74, 6) is 0.401. The molecular formula is C21H23FN4O. The maximum absolute atomic E-state index is 13.5. The SMILES string of the molecule is Cc1nccn1-c1ccc(CNC(=O)[C@H](c2cccc(F)c2)N(C)C)cc1. The van der Waals surface area contributed by atoms with Crippen molar-refractivity contribution in [2.75, 3.05) is 14.1 Å². The number of nitrogens with one attached hydrogen (secondary N) is 1. The summed E-state index contributed by atoms with van der Waals surface area (Å²) in [6.07, 6.45) is 3.67. The summed E-state index contributed by atoms with van der Waals surface area (Å²) < 4.78 is 15.5. The van der Waals surface area contributed by atoms with E-state index in [9.17, 15) is 9.18 Å². The van der Waals surface area contributed by atoms with Gasteiger partial charge in [0.15, 0.2) is 0 Å². The Bertz CT molecular complexity index is 918. The van der Waals surface area contributed by atoms with Crippen molar-refractivity contribution in [2.24, 2.45) is 0 Å². The number of amides is 1. The summed E-state index contributed by atoms with van der Waals surface area (Å²) in [6, 6.07) is 13.5. The highest BCUT2D eigenvalue weighted by Gasteiger charge is 2.23. The molecule has 0 fully saturated rings. The van der Waals surface area contributed by atoms with Crippen molar-refractivity contribution < 1.29 is 9.18 Å². The molecule has 0 aliphatic rings. The van der Waals surface area contributed by atoms with Crippen LogP contribution < -0.4 is 5.32 Å². The highest BCUT2D eigenvalue weighted by molar-refractivity contribution is 5.83. The highest BCUT2D eigenvalue weighted by Crippen LogP contribution is 2.19. The normalized spacial score (nSPS) is 12.2. The van der Waals surface area contributed by atoms with Crippen LogP contribution in [0.15, 0.2) is 60.9 Å². The Morgan fingerprint density at radius 3 is 2.56 bits per heavy atom. The molecule has 1 heterocycles. The molecule has 3 rings (SSSR count). The summed E-state index contributed by atoms with van der Waals surface area (Å²) in [5, 5.41) is 2.94. The average molecular weight is 366 g/mol. The van der Waals surface area contributed by atoms with Gasteiger partial charge in [-0.05, 0) is 56.4 Å². The first-order valence-electron chi connectivity index (χ1n) is 8.74. The lowest BCUT2D eigenvalue weighted by Crippen LogP contribution is -2.36. The van der Waals surface area contributed by atoms with E-state index in [1.165, 1.54) is 12.1 Å². The second-order valence-corrected chi connectivity index (χ2v) is 6.65. The molecule has 2 aromatic carbocycles. The van der Waals surface area contributed by atoms with E-state index in [1.807, 2.05) is 42.0 Å². The largest absolute Gasteiger partial charge is 0.350 e. The molecule has 27 heavy (non-hydrogen) atoms. The van der Waals surface area contributed by atoms with Crippen LogP contribution in [0.3, 0.4) is 0 Å². The van der Waals surface area contributed by atoms with E-state index in [2.05, 4.69) is 10.3 Å². The molecule has 5 nitrogen and oxygen atoms in total. The minimum Gasteiger partial charge on any atom is -0.350 e. The van der Waals surface area contributed by atoms with Crippen LogP contribution in [-0.2, 0) is 11.3 Å². The lowest BCUT2D eigenvalue weighted by Gasteiger charge is -2.24. The molecule has 1 atom stereocenters. The standard InChI is InChI=1S/C21H23FN4O/c1-15-23-11-12-26(15)19-9-7-16(8-10-19)14-24-21(27)20(25(2)3)17-5-4-6-18(22)13-17/h4-13,20H,14H2,1-3H3,(H,24,27)/t20-/m0/s1. The number of carbonyl (C=O) groups is 1. The molecule has 1 aromatic heterocycles. The molecule has 0 saturated carbocycles. The van der Waals surface area contributed by atoms with Crippen LogP contribution in [-0.4, -0.2) is 34.5 Å². The lowest BCUT2D eigenvalue weighted by atomic mass is 10.0. The van der Waals surface area contributed by atoms with Gasteiger partial charge in [0.1, 0.15) is 17.7 Å². The lowest BCUT2D eigenvalue weighted by molar-refractivity contribution is -0.125. The van der Waals surface area contributed by atoms with Crippen LogP contribution in [0.4, 0.5) is 4.39 Å². The summed E-state index contributed by atoms with van der Waals surface area (Å²) in [4.78, 5) is 18.7. The maximum atomic E-state index is 13.5. The number of rotatable bonds is 6. The minimum atomic E-state index is -0.548. The number of likely N-dealkylation sites (N-methyl/N-ethyl adjacent to an activating group) is 1. The Kier molecular flexibility index (Phi) is 5.66. The van der Waals surface area contributed by atoms with Crippen molar-refractivity contribution in [3.8, 4) is 5.69 Å². The number of hydrogen-bond acceptors (Lipinski definition) is 3. The molecule has 0 bridgehead atoms. The molecule has 140 valence electrons. The van der Waals surface area contributed by atoms with E-state index in [1.54, 1.807) is 37.3 Å². The maximum Gasteiger partial charge on any atom is 0.242 e. The van der Waals surface area contributed by atoms with E-state index in [0.717, 1.165) is 17.1 Å². The van der Waals surface area contributed by atoms with E-state index in [4.69, 9.17) is 0 Å². The number of carbonyl (C=O) groups excluding carboxylic acids is 1. The number of hydrogen-bond donors (Lipinski definition) is 1. The number of aromatic nitrogens is 2. The van der Waals surface area contributed by atoms with Gasteiger partial charge >= 0.3 is 0 Å². The first kappa shape index (κ1) is 18.8. The Balaban J connectivity index is 1.68. The molecule has 0 spiro atoms. The zero-order valence-electron chi connectivity index (χ0n) is 15.7. The van der Waals surface area contributed by atoms with Crippen LogP contribution in [0, 0.1) is 12.7 Å². The Labute approximate surface area is 158 Å². The smallest absolute Gasteiger partial charge is 0.242 e. The van der Waals surface area contributed by atoms with Gasteiger partial charge in [-0.1, -0.05) is 24.3 Å². The Hall–Kier alpha value is -2.99. The van der Waals surface area contributed by atoms with Crippen molar-refractivity contribution in [2.45, 2.75) is 19.5 Å². The number of nitrogens with zero attached hydrogens (tertiary/aromatic N) is 3. The predicted octanol–water partition coefficient (Wildman–Crippen LogP) is 3.24. The fraction of sp³-hybridized carbons (Fsp3) is 0.238. The third kappa shape index (κ3) is 4.41. The van der Waals surface area contributed by atoms with Crippen LogP contribution in [0.1, 0.15) is 23.0 Å². The number of halogens is 1. The van der Waals surface area contributed by atoms with Gasteiger partial charge in [0, 0.05) is 24.6 Å². The van der Waals surface area contributed by atoms with Gasteiger partial charge in [0.05, 0.1) is 0 Å². The number of imidazole rings is 1. The molecule has 0 unspecified atom stereocenters. The molecular weight excluding hydrogens is 343 g/mol. The van der Waals surface area contributed by atoms with Gasteiger partial charge < -0.3 is 9.88 Å². The molecule has 0 aliphatic heterocycles. The second kappa shape index (κ2) is 8.14. The zero-order chi connectivity index (χ0) is 19.4. The second-order valence-electron chi connectivity index (χ2n) is 6.65. The Morgan fingerprint density at radius 1 is 1.22 bits per heavy atom. The molecule has 0 saturated heterocycles. The van der Waals surface area contributed by atoms with Crippen LogP contribution in [0.2, 0.25) is 0 Å². The topological polar surface area (TPSA) is 50.2 Å². The van der Waals surface area contributed by atoms with Crippen LogP contribution in [0.25, 0.3) is 5.69 Å². The summed E-state index contributed by atoms with van der Waals surface area (Å²) in [5.41, 5.74) is 2.64. The molecule has 0 radical (unpaired) electrons. The first-order valence-corrected chi connectivity index (χ1v) is 8.74. The number of benzene rings is 2. The van der Waals surface area contributed by atoms with Crippen LogP contribution >= 0.6 is 0 Å². The summed E-state index contributed by atoms with van der Waals surface area (Å²) in [7, 11) is 3.61. The fourth-order valence-corrected chi connectivity index (χ4v) is 3.07. The number of aryl methyl sites for hydroxylation is 1. The molecule has 1 amide bonds. The van der Waals surface area contributed by atoms with Gasteiger partial charge in [-0.25, -0.2) is 9.37 Å². The van der Waals surface area contributed by atoms with E-state index >= 15 is 0 Å². The van der Waals surface area contributed by atoms with Crippen molar-refractivity contribution in [1.82, 2.24) is 19.8 Å². The summed E-state index contributed by atoms with van der Waals surface area (Å²) >= 11 is 0. The third-order valence-corrected chi connectivity index (χ3v) is 4.44. The summed E-state index contributed by atoms with van der Waals surface area (Å²) in [6.45, 7) is 2.35. The van der Waals surface area contributed by atoms with Gasteiger partial charge in [-0.15, -0.1) is 0 Å².